The van der Waals surface area contributed by atoms with E-state index in [1.54, 1.807) is 0 Å². The van der Waals surface area contributed by atoms with Crippen LogP contribution in [0, 0.1) is 0 Å². The van der Waals surface area contributed by atoms with E-state index in [1.165, 1.54) is 18.2 Å². The summed E-state index contributed by atoms with van der Waals surface area (Å²) >= 11 is 0. The summed E-state index contributed by atoms with van der Waals surface area (Å²) in [4.78, 5) is 10.5. The zero-order valence-electron chi connectivity index (χ0n) is 8.35. The molecule has 0 radical (unpaired) electrons. The summed E-state index contributed by atoms with van der Waals surface area (Å²) in [5.41, 5.74) is -4.57. The van der Waals surface area contributed by atoms with E-state index < -0.39 is 29.4 Å². The van der Waals surface area contributed by atoms with Gasteiger partial charge in [0.1, 0.15) is 0 Å². The number of rotatable bonds is 3. The lowest BCUT2D eigenvalue weighted by atomic mass is 9.87. The van der Waals surface area contributed by atoms with E-state index in [4.69, 9.17) is 10.2 Å². The van der Waals surface area contributed by atoms with Crippen molar-refractivity contribution < 1.29 is 33.3 Å². The lowest BCUT2D eigenvalue weighted by Gasteiger charge is -2.32. The molecule has 0 saturated heterocycles. The summed E-state index contributed by atoms with van der Waals surface area (Å²) in [5, 5.41) is 27.0. The van der Waals surface area contributed by atoms with Gasteiger partial charge in [-0.3, -0.25) is 0 Å². The number of aliphatic hydroxyl groups excluding tert-OH is 1. The summed E-state index contributed by atoms with van der Waals surface area (Å²) in [5.74, 6) is -2.16. The van der Waals surface area contributed by atoms with Crippen molar-refractivity contribution in [2.24, 2.45) is 0 Å². The molecule has 7 heteroatoms. The molecule has 0 bridgehead atoms. The first-order valence-corrected chi connectivity index (χ1v) is 4.46. The van der Waals surface area contributed by atoms with Crippen LogP contribution in [0.15, 0.2) is 30.3 Å². The van der Waals surface area contributed by atoms with Gasteiger partial charge in [-0.25, -0.2) is 4.79 Å². The Morgan fingerprint density at radius 3 is 2.00 bits per heavy atom. The largest absolute Gasteiger partial charge is 0.479 e. The van der Waals surface area contributed by atoms with Crippen LogP contribution in [0.5, 0.6) is 0 Å². The van der Waals surface area contributed by atoms with Crippen molar-refractivity contribution in [3.63, 3.8) is 0 Å². The van der Waals surface area contributed by atoms with Gasteiger partial charge in [-0.1, -0.05) is 30.3 Å². The minimum Gasteiger partial charge on any atom is -0.479 e. The van der Waals surface area contributed by atoms with Crippen molar-refractivity contribution in [1.29, 1.82) is 0 Å². The van der Waals surface area contributed by atoms with Crippen LogP contribution in [-0.2, 0) is 10.4 Å². The number of hydrogen-bond acceptors (Lipinski definition) is 3. The first kappa shape index (κ1) is 13.5. The zero-order valence-corrected chi connectivity index (χ0v) is 8.35. The van der Waals surface area contributed by atoms with Crippen LogP contribution in [0.25, 0.3) is 0 Å². The third kappa shape index (κ3) is 2.25. The Hall–Kier alpha value is -1.60. The summed E-state index contributed by atoms with van der Waals surface area (Å²) in [6.45, 7) is 0. The molecule has 0 unspecified atom stereocenters. The molecular formula is C10H9F3O4. The molecule has 0 aromatic heterocycles. The van der Waals surface area contributed by atoms with E-state index in [0.717, 1.165) is 12.1 Å². The van der Waals surface area contributed by atoms with E-state index in [-0.39, 0.29) is 0 Å². The molecule has 17 heavy (non-hydrogen) atoms. The number of carboxylic acid groups (broad SMARTS) is 1. The van der Waals surface area contributed by atoms with E-state index in [2.05, 4.69) is 0 Å². The zero-order chi connectivity index (χ0) is 13.3. The van der Waals surface area contributed by atoms with Crippen LogP contribution in [0.2, 0.25) is 0 Å². The standard InChI is InChI=1S/C10H9F3O4/c11-10(12,13)9(17,7(14)8(15)16)6-4-2-1-3-5-6/h1-5,7,14,17H,(H,15,16)/t7-,9+/m1/s1. The topological polar surface area (TPSA) is 77.8 Å². The van der Waals surface area contributed by atoms with E-state index in [0.29, 0.717) is 0 Å². The number of hydrogen-bond donors (Lipinski definition) is 3. The highest BCUT2D eigenvalue weighted by Crippen LogP contribution is 2.41. The van der Waals surface area contributed by atoms with Crippen LogP contribution in [0.1, 0.15) is 5.56 Å². The lowest BCUT2D eigenvalue weighted by molar-refractivity contribution is -0.295. The van der Waals surface area contributed by atoms with Gasteiger partial charge in [-0.05, 0) is 5.56 Å². The molecule has 1 rings (SSSR count). The van der Waals surface area contributed by atoms with Crippen molar-refractivity contribution in [3.05, 3.63) is 35.9 Å². The molecule has 2 atom stereocenters. The average Bonchev–Trinajstić information content (AvgIpc) is 2.26. The van der Waals surface area contributed by atoms with Gasteiger partial charge in [0.25, 0.3) is 0 Å². The Morgan fingerprint density at radius 2 is 1.65 bits per heavy atom. The maximum Gasteiger partial charge on any atom is 0.424 e. The SMILES string of the molecule is O=C(O)[C@@H](O)[C@@](O)(c1ccccc1)C(F)(F)F. The molecule has 0 amide bonds. The van der Waals surface area contributed by atoms with Crippen molar-refractivity contribution >= 4 is 5.97 Å². The second-order valence-corrected chi connectivity index (χ2v) is 3.37. The Kier molecular flexibility index (Phi) is 3.44. The molecular weight excluding hydrogens is 241 g/mol. The summed E-state index contributed by atoms with van der Waals surface area (Å²) in [7, 11) is 0. The fraction of sp³-hybridized carbons (Fsp3) is 0.300. The number of halogens is 3. The molecule has 0 spiro atoms. The predicted molar refractivity (Wildman–Crippen MR) is 50.0 cm³/mol. The molecule has 0 heterocycles. The van der Waals surface area contributed by atoms with Gasteiger partial charge in [0.05, 0.1) is 0 Å². The minimum absolute atomic E-state index is 0.734. The van der Waals surface area contributed by atoms with Gasteiger partial charge in [0.2, 0.25) is 5.60 Å². The van der Waals surface area contributed by atoms with Gasteiger partial charge < -0.3 is 15.3 Å². The van der Waals surface area contributed by atoms with Gasteiger partial charge in [-0.15, -0.1) is 0 Å². The maximum absolute atomic E-state index is 12.7. The first-order chi connectivity index (χ1) is 7.71. The molecule has 4 nitrogen and oxygen atoms in total. The number of carbonyl (C=O) groups is 1. The Bertz CT molecular complexity index is 404. The number of aliphatic carboxylic acids is 1. The Balaban J connectivity index is 3.36. The number of carboxylic acids is 1. The third-order valence-electron chi connectivity index (χ3n) is 2.28. The molecule has 0 fully saturated rings. The molecule has 0 aliphatic heterocycles. The third-order valence-corrected chi connectivity index (χ3v) is 2.28. The van der Waals surface area contributed by atoms with Gasteiger partial charge in [-0.2, -0.15) is 13.2 Å². The quantitative estimate of drug-likeness (QED) is 0.744. The first-order valence-electron chi connectivity index (χ1n) is 4.46. The van der Waals surface area contributed by atoms with Crippen molar-refractivity contribution in [1.82, 2.24) is 0 Å². The number of aliphatic hydroxyl groups is 2. The van der Waals surface area contributed by atoms with Crippen molar-refractivity contribution in [2.75, 3.05) is 0 Å². The number of benzene rings is 1. The van der Waals surface area contributed by atoms with Gasteiger partial charge in [0.15, 0.2) is 6.10 Å². The molecule has 1 aromatic rings. The number of alkyl halides is 3. The lowest BCUT2D eigenvalue weighted by Crippen LogP contribution is -2.54. The minimum atomic E-state index is -5.31. The van der Waals surface area contributed by atoms with Crippen molar-refractivity contribution in [3.8, 4) is 0 Å². The molecule has 94 valence electrons. The maximum atomic E-state index is 12.7. The Morgan fingerprint density at radius 1 is 1.18 bits per heavy atom. The summed E-state index contributed by atoms with van der Waals surface area (Å²) < 4.78 is 38.2. The van der Waals surface area contributed by atoms with E-state index in [9.17, 15) is 23.1 Å². The summed E-state index contributed by atoms with van der Waals surface area (Å²) in [6, 6.07) is 5.56. The molecule has 0 aliphatic carbocycles. The average molecular weight is 250 g/mol. The van der Waals surface area contributed by atoms with Crippen LogP contribution in [0.3, 0.4) is 0 Å². The van der Waals surface area contributed by atoms with Crippen LogP contribution < -0.4 is 0 Å². The highest BCUT2D eigenvalue weighted by molar-refractivity contribution is 5.74. The second-order valence-electron chi connectivity index (χ2n) is 3.37. The highest BCUT2D eigenvalue weighted by atomic mass is 19.4. The van der Waals surface area contributed by atoms with Crippen LogP contribution in [0.4, 0.5) is 13.2 Å². The fourth-order valence-electron chi connectivity index (χ4n) is 1.35. The summed E-state index contributed by atoms with van der Waals surface area (Å²) in [6.07, 6.45) is -8.31. The van der Waals surface area contributed by atoms with Gasteiger partial charge >= 0.3 is 12.1 Å². The van der Waals surface area contributed by atoms with Crippen LogP contribution >= 0.6 is 0 Å². The van der Waals surface area contributed by atoms with Crippen molar-refractivity contribution in [2.45, 2.75) is 17.9 Å². The van der Waals surface area contributed by atoms with E-state index >= 15 is 0 Å². The smallest absolute Gasteiger partial charge is 0.424 e. The van der Waals surface area contributed by atoms with E-state index in [1.807, 2.05) is 0 Å². The monoisotopic (exact) mass is 250 g/mol. The molecule has 0 saturated carbocycles. The van der Waals surface area contributed by atoms with Gasteiger partial charge in [0, 0.05) is 0 Å². The molecule has 1 aromatic carbocycles. The molecule has 3 N–H and O–H groups in total. The predicted octanol–water partition coefficient (Wildman–Crippen LogP) is 0.882. The second kappa shape index (κ2) is 4.34. The Labute approximate surface area is 93.9 Å². The normalized spacial score (nSPS) is 17.2. The highest BCUT2D eigenvalue weighted by Gasteiger charge is 2.62. The fourth-order valence-corrected chi connectivity index (χ4v) is 1.35. The van der Waals surface area contributed by atoms with Crippen LogP contribution in [-0.4, -0.2) is 33.6 Å². The molecule has 0 aliphatic rings.